The zero-order valence-corrected chi connectivity index (χ0v) is 12.2. The van der Waals surface area contributed by atoms with Crippen molar-refractivity contribution in [2.24, 2.45) is 0 Å². The molecule has 2 rings (SSSR count). The summed E-state index contributed by atoms with van der Waals surface area (Å²) in [6, 6.07) is 11.9. The fourth-order valence-electron chi connectivity index (χ4n) is 1.89. The first-order valence-electron chi connectivity index (χ1n) is 6.60. The first kappa shape index (κ1) is 16.2. The maximum absolute atomic E-state index is 12.0. The first-order chi connectivity index (χ1) is 11.0. The molecule has 0 aliphatic heterocycles. The summed E-state index contributed by atoms with van der Waals surface area (Å²) in [4.78, 5) is 33.5. The smallest absolute Gasteiger partial charge is 0.345 e. The van der Waals surface area contributed by atoms with Gasteiger partial charge in [-0.25, -0.2) is 9.59 Å². The van der Waals surface area contributed by atoms with Crippen LogP contribution in [0.4, 0.5) is 5.69 Å². The van der Waals surface area contributed by atoms with Crippen LogP contribution >= 0.6 is 0 Å². The Balaban J connectivity index is 2.05. The third kappa shape index (κ3) is 3.91. The molecule has 0 aliphatic carbocycles. The van der Waals surface area contributed by atoms with Gasteiger partial charge in [-0.2, -0.15) is 0 Å². The average molecular weight is 315 g/mol. The lowest BCUT2D eigenvalue weighted by molar-refractivity contribution is -0.385. The summed E-state index contributed by atoms with van der Waals surface area (Å²) < 4.78 is 9.65. The first-order valence-corrected chi connectivity index (χ1v) is 6.60. The van der Waals surface area contributed by atoms with E-state index in [4.69, 9.17) is 4.74 Å². The highest BCUT2D eigenvalue weighted by molar-refractivity contribution is 5.93. The van der Waals surface area contributed by atoms with Gasteiger partial charge in [0.1, 0.15) is 12.2 Å². The monoisotopic (exact) mass is 315 g/mol. The van der Waals surface area contributed by atoms with E-state index in [0.29, 0.717) is 11.1 Å². The van der Waals surface area contributed by atoms with E-state index in [1.165, 1.54) is 31.4 Å². The van der Waals surface area contributed by atoms with E-state index in [1.54, 1.807) is 24.3 Å². The van der Waals surface area contributed by atoms with E-state index < -0.39 is 16.9 Å². The molecular formula is C16H13NO6. The van der Waals surface area contributed by atoms with Crippen molar-refractivity contribution >= 4 is 17.6 Å². The molecule has 0 bridgehead atoms. The molecule has 0 aliphatic rings. The van der Waals surface area contributed by atoms with Gasteiger partial charge in [-0.1, -0.05) is 24.3 Å². The third-order valence-corrected chi connectivity index (χ3v) is 3.07. The summed E-state index contributed by atoms with van der Waals surface area (Å²) in [5.41, 5.74) is 0.605. The van der Waals surface area contributed by atoms with E-state index in [9.17, 15) is 19.7 Å². The van der Waals surface area contributed by atoms with Gasteiger partial charge in [0.2, 0.25) is 0 Å². The Morgan fingerprint density at radius 1 is 1.04 bits per heavy atom. The predicted molar refractivity (Wildman–Crippen MR) is 80.0 cm³/mol. The Kier molecular flexibility index (Phi) is 5.03. The molecule has 7 heteroatoms. The van der Waals surface area contributed by atoms with Gasteiger partial charge >= 0.3 is 11.9 Å². The largest absolute Gasteiger partial charge is 0.465 e. The van der Waals surface area contributed by atoms with Crippen LogP contribution in [0, 0.1) is 10.1 Å². The minimum atomic E-state index is -0.783. The molecule has 0 N–H and O–H groups in total. The van der Waals surface area contributed by atoms with Crippen LogP contribution in [0.15, 0.2) is 48.5 Å². The minimum Gasteiger partial charge on any atom is -0.465 e. The van der Waals surface area contributed by atoms with Gasteiger partial charge in [-0.05, 0) is 23.8 Å². The molecule has 0 fully saturated rings. The molecule has 0 saturated carbocycles. The number of methoxy groups -OCH3 is 1. The van der Waals surface area contributed by atoms with Crippen molar-refractivity contribution in [3.8, 4) is 0 Å². The quantitative estimate of drug-likeness (QED) is 0.478. The molecule has 2 aromatic rings. The lowest BCUT2D eigenvalue weighted by Gasteiger charge is -2.06. The van der Waals surface area contributed by atoms with Crippen LogP contribution in [0.1, 0.15) is 26.3 Å². The van der Waals surface area contributed by atoms with Crippen LogP contribution in [0.3, 0.4) is 0 Å². The van der Waals surface area contributed by atoms with Gasteiger partial charge in [0.25, 0.3) is 5.69 Å². The molecule has 2 aromatic carbocycles. The van der Waals surface area contributed by atoms with E-state index in [2.05, 4.69) is 4.74 Å². The van der Waals surface area contributed by atoms with Gasteiger partial charge in [-0.15, -0.1) is 0 Å². The fraction of sp³-hybridized carbons (Fsp3) is 0.125. The molecule has 118 valence electrons. The van der Waals surface area contributed by atoms with Gasteiger partial charge in [0.05, 0.1) is 17.6 Å². The Morgan fingerprint density at radius 2 is 1.70 bits per heavy atom. The molecule has 0 aromatic heterocycles. The summed E-state index contributed by atoms with van der Waals surface area (Å²) in [6.45, 7) is -0.0632. The van der Waals surface area contributed by atoms with Gasteiger partial charge in [0.15, 0.2) is 0 Å². The number of nitro benzene ring substituents is 1. The minimum absolute atomic E-state index is 0.0632. The van der Waals surface area contributed by atoms with Crippen molar-refractivity contribution in [3.05, 3.63) is 75.3 Å². The lowest BCUT2D eigenvalue weighted by Crippen LogP contribution is -2.08. The zero-order chi connectivity index (χ0) is 16.8. The summed E-state index contributed by atoms with van der Waals surface area (Å²) in [5.74, 6) is -1.25. The summed E-state index contributed by atoms with van der Waals surface area (Å²) in [5, 5.41) is 10.9. The second kappa shape index (κ2) is 7.17. The lowest BCUT2D eigenvalue weighted by atomic mass is 10.1. The Labute approximate surface area is 131 Å². The molecule has 23 heavy (non-hydrogen) atoms. The number of esters is 2. The second-order valence-electron chi connectivity index (χ2n) is 4.54. The van der Waals surface area contributed by atoms with Crippen LogP contribution in [-0.2, 0) is 16.1 Å². The van der Waals surface area contributed by atoms with Gasteiger partial charge in [0, 0.05) is 6.07 Å². The molecule has 0 amide bonds. The SMILES string of the molecule is COC(=O)c1ccc(COC(=O)c2ccccc2[N+](=O)[O-])cc1. The number of nitro groups is 1. The molecule has 7 nitrogen and oxygen atoms in total. The van der Waals surface area contributed by atoms with Crippen LogP contribution in [0.2, 0.25) is 0 Å². The summed E-state index contributed by atoms with van der Waals surface area (Å²) in [6.07, 6.45) is 0. The average Bonchev–Trinajstić information content (AvgIpc) is 2.59. The number of benzene rings is 2. The number of carbonyl (C=O) groups is 2. The van der Waals surface area contributed by atoms with Crippen molar-refractivity contribution in [1.82, 2.24) is 0 Å². The topological polar surface area (TPSA) is 95.7 Å². The normalized spacial score (nSPS) is 9.96. The number of hydrogen-bond donors (Lipinski definition) is 0. The summed E-state index contributed by atoms with van der Waals surface area (Å²) >= 11 is 0. The van der Waals surface area contributed by atoms with Crippen molar-refractivity contribution in [3.63, 3.8) is 0 Å². The van der Waals surface area contributed by atoms with Crippen molar-refractivity contribution in [2.75, 3.05) is 7.11 Å². The van der Waals surface area contributed by atoms with E-state index in [0.717, 1.165) is 0 Å². The highest BCUT2D eigenvalue weighted by Crippen LogP contribution is 2.19. The predicted octanol–water partition coefficient (Wildman–Crippen LogP) is 2.74. The standard InChI is InChI=1S/C16H13NO6/c1-22-15(18)12-8-6-11(7-9-12)10-23-16(19)13-4-2-3-5-14(13)17(20)21/h2-9H,10H2,1H3. The number of carbonyl (C=O) groups excluding carboxylic acids is 2. The van der Waals surface area contributed by atoms with Crippen LogP contribution in [0.5, 0.6) is 0 Å². The third-order valence-electron chi connectivity index (χ3n) is 3.07. The Morgan fingerprint density at radius 3 is 2.30 bits per heavy atom. The van der Waals surface area contributed by atoms with Crippen LogP contribution in [0.25, 0.3) is 0 Å². The Bertz CT molecular complexity index is 738. The molecule has 0 heterocycles. The number of para-hydroxylation sites is 1. The van der Waals surface area contributed by atoms with Crippen molar-refractivity contribution in [2.45, 2.75) is 6.61 Å². The molecule has 0 spiro atoms. The second-order valence-corrected chi connectivity index (χ2v) is 4.54. The maximum Gasteiger partial charge on any atom is 0.345 e. The highest BCUT2D eigenvalue weighted by atomic mass is 16.6. The number of ether oxygens (including phenoxy) is 2. The van der Waals surface area contributed by atoms with Crippen LogP contribution < -0.4 is 0 Å². The molecular weight excluding hydrogens is 302 g/mol. The molecule has 0 atom stereocenters. The molecule has 0 unspecified atom stereocenters. The van der Waals surface area contributed by atoms with E-state index in [1.807, 2.05) is 0 Å². The molecule has 0 saturated heterocycles. The maximum atomic E-state index is 12.0. The van der Waals surface area contributed by atoms with Crippen LogP contribution in [-0.4, -0.2) is 24.0 Å². The van der Waals surface area contributed by atoms with E-state index in [-0.39, 0.29) is 17.9 Å². The van der Waals surface area contributed by atoms with Crippen molar-refractivity contribution < 1.29 is 24.0 Å². The Hall–Kier alpha value is -3.22. The van der Waals surface area contributed by atoms with E-state index >= 15 is 0 Å². The number of hydrogen-bond acceptors (Lipinski definition) is 6. The zero-order valence-electron chi connectivity index (χ0n) is 12.2. The summed E-state index contributed by atoms with van der Waals surface area (Å²) in [7, 11) is 1.28. The number of nitrogens with zero attached hydrogens (tertiary/aromatic N) is 1. The highest BCUT2D eigenvalue weighted by Gasteiger charge is 2.20. The van der Waals surface area contributed by atoms with Crippen molar-refractivity contribution in [1.29, 1.82) is 0 Å². The fourth-order valence-corrected chi connectivity index (χ4v) is 1.89. The molecule has 0 radical (unpaired) electrons. The van der Waals surface area contributed by atoms with Gasteiger partial charge < -0.3 is 9.47 Å². The number of rotatable bonds is 5. The van der Waals surface area contributed by atoms with Gasteiger partial charge in [-0.3, -0.25) is 10.1 Å².